The Kier molecular flexibility index (Phi) is 3.70. The van der Waals surface area contributed by atoms with Gasteiger partial charge in [-0.2, -0.15) is 0 Å². The first kappa shape index (κ1) is 8.82. The molecule has 0 aliphatic heterocycles. The standard InChI is InChI=1S/C6H4O2.Na/c7-5-1-2-6(8)4-3-5;/h1-4H;. The third-order valence-corrected chi connectivity index (χ3v) is 0.824. The van der Waals surface area contributed by atoms with E-state index in [4.69, 9.17) is 0 Å². The van der Waals surface area contributed by atoms with Crippen molar-refractivity contribution in [2.24, 2.45) is 0 Å². The summed E-state index contributed by atoms with van der Waals surface area (Å²) < 4.78 is 0. The fourth-order valence-electron chi connectivity index (χ4n) is 0.440. The summed E-state index contributed by atoms with van der Waals surface area (Å²) in [6.45, 7) is 0. The fraction of sp³-hybridized carbons (Fsp3) is 0. The molecule has 9 heavy (non-hydrogen) atoms. The summed E-state index contributed by atoms with van der Waals surface area (Å²) in [6, 6.07) is 0. The Hall–Kier alpha value is -0.180. The SMILES string of the molecule is O=C1C=CC(=O)C=C1.[Na]. The number of hydrogen-bond donors (Lipinski definition) is 0. The molecule has 3 heteroatoms. The van der Waals surface area contributed by atoms with Crippen LogP contribution in [0.4, 0.5) is 0 Å². The van der Waals surface area contributed by atoms with Crippen molar-refractivity contribution in [2.75, 3.05) is 0 Å². The van der Waals surface area contributed by atoms with Crippen LogP contribution >= 0.6 is 0 Å². The Balaban J connectivity index is 0.000000640. The van der Waals surface area contributed by atoms with Gasteiger partial charge in [-0.1, -0.05) is 0 Å². The molecule has 0 unspecified atom stereocenters. The molecule has 0 atom stereocenters. The van der Waals surface area contributed by atoms with Gasteiger partial charge in [0.15, 0.2) is 11.6 Å². The van der Waals surface area contributed by atoms with Crippen molar-refractivity contribution in [3.63, 3.8) is 0 Å². The Morgan fingerprint density at radius 2 is 1.00 bits per heavy atom. The van der Waals surface area contributed by atoms with E-state index >= 15 is 0 Å². The van der Waals surface area contributed by atoms with E-state index in [9.17, 15) is 9.59 Å². The van der Waals surface area contributed by atoms with Crippen molar-refractivity contribution >= 4 is 41.1 Å². The van der Waals surface area contributed by atoms with Crippen LogP contribution in [0, 0.1) is 0 Å². The normalized spacial score (nSPS) is 15.6. The van der Waals surface area contributed by atoms with Gasteiger partial charge in [-0.25, -0.2) is 0 Å². The first-order valence-electron chi connectivity index (χ1n) is 2.23. The number of carbonyl (C=O) groups is 2. The van der Waals surface area contributed by atoms with Crippen LogP contribution in [0.25, 0.3) is 0 Å². The van der Waals surface area contributed by atoms with Crippen LogP contribution in [-0.4, -0.2) is 41.1 Å². The summed E-state index contributed by atoms with van der Waals surface area (Å²) in [7, 11) is 0. The Labute approximate surface area is 74.9 Å². The van der Waals surface area contributed by atoms with E-state index in [2.05, 4.69) is 0 Å². The molecule has 0 spiro atoms. The van der Waals surface area contributed by atoms with Crippen molar-refractivity contribution in [1.29, 1.82) is 0 Å². The minimum absolute atomic E-state index is 0. The maximum Gasteiger partial charge on any atom is 0.178 e. The first-order chi connectivity index (χ1) is 3.79. The third-order valence-electron chi connectivity index (χ3n) is 0.824. The van der Waals surface area contributed by atoms with Crippen LogP contribution in [0.3, 0.4) is 0 Å². The van der Waals surface area contributed by atoms with Crippen LogP contribution in [0.15, 0.2) is 24.3 Å². The predicted molar refractivity (Wildman–Crippen MR) is 34.0 cm³/mol. The Morgan fingerprint density at radius 1 is 0.778 bits per heavy atom. The van der Waals surface area contributed by atoms with Gasteiger partial charge in [0.25, 0.3) is 0 Å². The van der Waals surface area contributed by atoms with Gasteiger partial charge in [0.1, 0.15) is 0 Å². The summed E-state index contributed by atoms with van der Waals surface area (Å²) in [5.41, 5.74) is 0. The minimum Gasteiger partial charge on any atom is -0.290 e. The third kappa shape index (κ3) is 2.75. The molecule has 1 aliphatic rings. The number of hydrogen-bond acceptors (Lipinski definition) is 2. The molecule has 41 valence electrons. The van der Waals surface area contributed by atoms with Crippen molar-refractivity contribution in [3.05, 3.63) is 24.3 Å². The molecule has 0 amide bonds. The Bertz CT molecular complexity index is 153. The Morgan fingerprint density at radius 3 is 1.22 bits per heavy atom. The van der Waals surface area contributed by atoms with E-state index in [1.54, 1.807) is 0 Å². The van der Waals surface area contributed by atoms with Crippen molar-refractivity contribution < 1.29 is 9.59 Å². The zero-order valence-corrected chi connectivity index (χ0v) is 7.13. The molecule has 0 aromatic carbocycles. The van der Waals surface area contributed by atoms with Crippen molar-refractivity contribution in [2.45, 2.75) is 0 Å². The van der Waals surface area contributed by atoms with Gasteiger partial charge in [-0.15, -0.1) is 0 Å². The number of rotatable bonds is 0. The van der Waals surface area contributed by atoms with Gasteiger partial charge in [0.2, 0.25) is 0 Å². The second kappa shape index (κ2) is 3.77. The molecule has 0 heterocycles. The number of carbonyl (C=O) groups excluding carboxylic acids is 2. The smallest absolute Gasteiger partial charge is 0.178 e. The van der Waals surface area contributed by atoms with E-state index in [0.29, 0.717) is 0 Å². The average molecular weight is 131 g/mol. The molecule has 0 bridgehead atoms. The van der Waals surface area contributed by atoms with E-state index in [0.717, 1.165) is 0 Å². The van der Waals surface area contributed by atoms with Crippen molar-refractivity contribution in [1.82, 2.24) is 0 Å². The van der Waals surface area contributed by atoms with Crippen LogP contribution in [0.1, 0.15) is 0 Å². The van der Waals surface area contributed by atoms with Crippen molar-refractivity contribution in [3.8, 4) is 0 Å². The molecule has 2 nitrogen and oxygen atoms in total. The van der Waals surface area contributed by atoms with E-state index in [1.165, 1.54) is 24.3 Å². The first-order valence-corrected chi connectivity index (χ1v) is 2.23. The van der Waals surface area contributed by atoms with Gasteiger partial charge in [0.05, 0.1) is 0 Å². The zero-order chi connectivity index (χ0) is 5.98. The summed E-state index contributed by atoms with van der Waals surface area (Å²) in [5.74, 6) is -0.241. The molecule has 1 aliphatic carbocycles. The molecule has 0 saturated heterocycles. The van der Waals surface area contributed by atoms with E-state index in [-0.39, 0.29) is 41.1 Å². The van der Waals surface area contributed by atoms with Crippen LogP contribution in [0.2, 0.25) is 0 Å². The second-order valence-corrected chi connectivity index (χ2v) is 1.47. The number of ketones is 2. The molecule has 0 aromatic heterocycles. The fourth-order valence-corrected chi connectivity index (χ4v) is 0.440. The average Bonchev–Trinajstić information content (AvgIpc) is 1.77. The molecule has 1 rings (SSSR count). The van der Waals surface area contributed by atoms with Gasteiger partial charge < -0.3 is 0 Å². The molecule has 1 radical (unpaired) electrons. The topological polar surface area (TPSA) is 34.1 Å². The number of allylic oxidation sites excluding steroid dienone is 4. The molecular formula is C6H4NaO2. The van der Waals surface area contributed by atoms with Crippen LogP contribution in [0.5, 0.6) is 0 Å². The summed E-state index contributed by atoms with van der Waals surface area (Å²) in [4.78, 5) is 20.6. The molecule has 0 aromatic rings. The van der Waals surface area contributed by atoms with Gasteiger partial charge >= 0.3 is 0 Å². The largest absolute Gasteiger partial charge is 0.290 e. The zero-order valence-electron chi connectivity index (χ0n) is 5.13. The molecule has 0 saturated carbocycles. The quantitative estimate of drug-likeness (QED) is 0.339. The van der Waals surface area contributed by atoms with E-state index in [1.807, 2.05) is 0 Å². The summed E-state index contributed by atoms with van der Waals surface area (Å²) in [6.07, 6.45) is 5.01. The van der Waals surface area contributed by atoms with Gasteiger partial charge in [-0.3, -0.25) is 9.59 Å². The maximum atomic E-state index is 10.3. The molecular weight excluding hydrogens is 127 g/mol. The van der Waals surface area contributed by atoms with Gasteiger partial charge in [-0.05, 0) is 24.3 Å². The summed E-state index contributed by atoms with van der Waals surface area (Å²) in [5, 5.41) is 0. The monoisotopic (exact) mass is 131 g/mol. The van der Waals surface area contributed by atoms with E-state index < -0.39 is 0 Å². The minimum atomic E-state index is -0.121. The maximum absolute atomic E-state index is 10.3. The molecule has 0 N–H and O–H groups in total. The van der Waals surface area contributed by atoms with Gasteiger partial charge in [0, 0.05) is 29.6 Å². The second-order valence-electron chi connectivity index (χ2n) is 1.47. The predicted octanol–water partition coefficient (Wildman–Crippen LogP) is -0.130. The van der Waals surface area contributed by atoms with Crippen LogP contribution in [-0.2, 0) is 9.59 Å². The summed E-state index contributed by atoms with van der Waals surface area (Å²) >= 11 is 0. The van der Waals surface area contributed by atoms with Crippen LogP contribution < -0.4 is 0 Å². The molecule has 0 fully saturated rings.